The van der Waals surface area contributed by atoms with Crippen molar-refractivity contribution in [2.75, 3.05) is 6.54 Å². The van der Waals surface area contributed by atoms with Crippen molar-refractivity contribution >= 4 is 17.2 Å². The number of aromatic nitrogens is 2. The third-order valence-corrected chi connectivity index (χ3v) is 3.15. The zero-order valence-electron chi connectivity index (χ0n) is 9.01. The first-order chi connectivity index (χ1) is 7.75. The maximum absolute atomic E-state index is 11.7. The molecule has 16 heavy (non-hydrogen) atoms. The Kier molecular flexibility index (Phi) is 3.36. The molecule has 0 saturated carbocycles. The molecule has 2 aromatic rings. The average molecular weight is 235 g/mol. The molecule has 5 heteroatoms. The van der Waals surface area contributed by atoms with E-state index in [0.717, 1.165) is 9.75 Å². The lowest BCUT2D eigenvalue weighted by molar-refractivity contribution is 0.0956. The molecule has 84 valence electrons. The zero-order valence-corrected chi connectivity index (χ0v) is 9.83. The highest BCUT2D eigenvalue weighted by molar-refractivity contribution is 7.13. The highest BCUT2D eigenvalue weighted by Crippen LogP contribution is 2.14. The lowest BCUT2D eigenvalue weighted by Crippen LogP contribution is -2.26. The van der Waals surface area contributed by atoms with Crippen LogP contribution in [0.5, 0.6) is 0 Å². The summed E-state index contributed by atoms with van der Waals surface area (Å²) in [5, 5.41) is 6.92. The molecule has 0 saturated heterocycles. The summed E-state index contributed by atoms with van der Waals surface area (Å²) < 4.78 is 1.79. The molecular weight excluding hydrogens is 222 g/mol. The van der Waals surface area contributed by atoms with Crippen LogP contribution in [0, 0.1) is 6.92 Å². The molecule has 2 heterocycles. The van der Waals surface area contributed by atoms with Crippen LogP contribution in [0.2, 0.25) is 0 Å². The first kappa shape index (κ1) is 10.9. The highest BCUT2D eigenvalue weighted by atomic mass is 32.1. The minimum absolute atomic E-state index is 0.00902. The first-order valence-corrected chi connectivity index (χ1v) is 5.89. The number of aryl methyl sites for hydroxylation is 1. The van der Waals surface area contributed by atoms with Crippen molar-refractivity contribution in [1.29, 1.82) is 0 Å². The van der Waals surface area contributed by atoms with E-state index in [9.17, 15) is 4.79 Å². The number of rotatable bonds is 4. The van der Waals surface area contributed by atoms with Gasteiger partial charge in [0.15, 0.2) is 0 Å². The van der Waals surface area contributed by atoms with Crippen molar-refractivity contribution in [2.24, 2.45) is 0 Å². The van der Waals surface area contributed by atoms with E-state index in [1.165, 1.54) is 11.3 Å². The van der Waals surface area contributed by atoms with Gasteiger partial charge < -0.3 is 5.32 Å². The Morgan fingerprint density at radius 3 is 3.06 bits per heavy atom. The molecule has 0 atom stereocenters. The Labute approximate surface area is 97.9 Å². The van der Waals surface area contributed by atoms with Gasteiger partial charge in [-0.15, -0.1) is 11.3 Å². The summed E-state index contributed by atoms with van der Waals surface area (Å²) in [5.41, 5.74) is 0. The van der Waals surface area contributed by atoms with Crippen LogP contribution in [0.25, 0.3) is 0 Å². The van der Waals surface area contributed by atoms with Gasteiger partial charge in [0, 0.05) is 23.8 Å². The van der Waals surface area contributed by atoms with Gasteiger partial charge in [0.05, 0.1) is 11.4 Å². The van der Waals surface area contributed by atoms with E-state index in [4.69, 9.17) is 0 Å². The van der Waals surface area contributed by atoms with Crippen LogP contribution >= 0.6 is 11.3 Å². The van der Waals surface area contributed by atoms with Crippen molar-refractivity contribution in [3.63, 3.8) is 0 Å². The highest BCUT2D eigenvalue weighted by Gasteiger charge is 2.06. The van der Waals surface area contributed by atoms with E-state index < -0.39 is 0 Å². The molecule has 1 N–H and O–H groups in total. The molecule has 0 bridgehead atoms. The summed E-state index contributed by atoms with van der Waals surface area (Å²) in [4.78, 5) is 13.6. The number of thiophene rings is 1. The summed E-state index contributed by atoms with van der Waals surface area (Å²) in [6.07, 6.45) is 3.60. The van der Waals surface area contributed by atoms with Gasteiger partial charge >= 0.3 is 0 Å². The van der Waals surface area contributed by atoms with E-state index in [1.54, 1.807) is 10.9 Å². The van der Waals surface area contributed by atoms with Crippen molar-refractivity contribution in [1.82, 2.24) is 15.1 Å². The summed E-state index contributed by atoms with van der Waals surface area (Å²) >= 11 is 1.51. The molecule has 0 aliphatic carbocycles. The second-order valence-corrected chi connectivity index (χ2v) is 4.72. The molecule has 1 amide bonds. The Morgan fingerprint density at radius 1 is 1.56 bits per heavy atom. The minimum atomic E-state index is -0.00902. The van der Waals surface area contributed by atoms with Gasteiger partial charge in [0.25, 0.3) is 5.91 Å². The number of nitrogens with zero attached hydrogens (tertiary/aromatic N) is 2. The van der Waals surface area contributed by atoms with Crippen LogP contribution in [0.4, 0.5) is 0 Å². The normalized spacial score (nSPS) is 10.3. The smallest absolute Gasteiger partial charge is 0.261 e. The van der Waals surface area contributed by atoms with E-state index in [2.05, 4.69) is 10.4 Å². The number of carbonyl (C=O) groups excluding carboxylic acids is 1. The largest absolute Gasteiger partial charge is 0.349 e. The van der Waals surface area contributed by atoms with E-state index in [1.807, 2.05) is 31.3 Å². The third-order valence-electron chi connectivity index (χ3n) is 2.15. The topological polar surface area (TPSA) is 46.9 Å². The van der Waals surface area contributed by atoms with Gasteiger partial charge in [-0.25, -0.2) is 0 Å². The lowest BCUT2D eigenvalue weighted by Gasteiger charge is -2.03. The third kappa shape index (κ3) is 2.70. The first-order valence-electron chi connectivity index (χ1n) is 5.08. The fraction of sp³-hybridized carbons (Fsp3) is 0.273. The Bertz CT molecular complexity index is 461. The molecule has 0 aromatic carbocycles. The van der Waals surface area contributed by atoms with Crippen molar-refractivity contribution in [2.45, 2.75) is 13.5 Å². The molecule has 4 nitrogen and oxygen atoms in total. The van der Waals surface area contributed by atoms with Crippen LogP contribution < -0.4 is 5.32 Å². The molecular formula is C11H13N3OS. The minimum Gasteiger partial charge on any atom is -0.349 e. The number of hydrogen-bond donors (Lipinski definition) is 1. The number of hydrogen-bond acceptors (Lipinski definition) is 3. The zero-order chi connectivity index (χ0) is 11.4. The van der Waals surface area contributed by atoms with Crippen molar-refractivity contribution in [3.8, 4) is 0 Å². The predicted octanol–water partition coefficient (Wildman–Crippen LogP) is 1.68. The van der Waals surface area contributed by atoms with Crippen molar-refractivity contribution in [3.05, 3.63) is 40.3 Å². The Morgan fingerprint density at radius 2 is 2.44 bits per heavy atom. The molecule has 0 spiro atoms. The molecule has 0 unspecified atom stereocenters. The molecule has 0 fully saturated rings. The van der Waals surface area contributed by atoms with E-state index in [-0.39, 0.29) is 5.91 Å². The molecule has 2 rings (SSSR count). The fourth-order valence-corrected chi connectivity index (χ4v) is 2.14. The number of amides is 1. The second kappa shape index (κ2) is 4.94. The fourth-order valence-electron chi connectivity index (χ4n) is 1.36. The molecule has 0 radical (unpaired) electrons. The molecule has 2 aromatic heterocycles. The molecule has 0 aliphatic heterocycles. The summed E-state index contributed by atoms with van der Waals surface area (Å²) in [7, 11) is 0. The van der Waals surface area contributed by atoms with Gasteiger partial charge in [0.2, 0.25) is 0 Å². The van der Waals surface area contributed by atoms with Crippen LogP contribution in [0.15, 0.2) is 30.6 Å². The Balaban J connectivity index is 1.80. The quantitative estimate of drug-likeness (QED) is 0.876. The number of carbonyl (C=O) groups is 1. The lowest BCUT2D eigenvalue weighted by atomic mass is 10.4. The van der Waals surface area contributed by atoms with Crippen molar-refractivity contribution < 1.29 is 4.79 Å². The van der Waals surface area contributed by atoms with Crippen LogP contribution in [-0.4, -0.2) is 22.2 Å². The van der Waals surface area contributed by atoms with Crippen LogP contribution in [-0.2, 0) is 6.54 Å². The van der Waals surface area contributed by atoms with Gasteiger partial charge in [-0.1, -0.05) is 0 Å². The van der Waals surface area contributed by atoms with E-state index >= 15 is 0 Å². The maximum atomic E-state index is 11.7. The van der Waals surface area contributed by atoms with Gasteiger partial charge in [0.1, 0.15) is 0 Å². The Hall–Kier alpha value is -1.62. The standard InChI is InChI=1S/C11H13N3OS/c1-9-3-4-10(16-9)11(15)12-6-8-14-7-2-5-13-14/h2-5,7H,6,8H2,1H3,(H,12,15). The van der Waals surface area contributed by atoms with Crippen LogP contribution in [0.3, 0.4) is 0 Å². The van der Waals surface area contributed by atoms with Crippen LogP contribution in [0.1, 0.15) is 14.5 Å². The molecule has 0 aliphatic rings. The summed E-state index contributed by atoms with van der Waals surface area (Å²) in [5.74, 6) is -0.00902. The van der Waals surface area contributed by atoms with E-state index in [0.29, 0.717) is 13.1 Å². The predicted molar refractivity (Wildman–Crippen MR) is 63.6 cm³/mol. The maximum Gasteiger partial charge on any atom is 0.261 e. The number of nitrogens with one attached hydrogen (secondary N) is 1. The van der Waals surface area contributed by atoms with Gasteiger partial charge in [-0.2, -0.15) is 5.10 Å². The monoisotopic (exact) mass is 235 g/mol. The summed E-state index contributed by atoms with van der Waals surface area (Å²) in [6, 6.07) is 5.67. The summed E-state index contributed by atoms with van der Waals surface area (Å²) in [6.45, 7) is 3.28. The average Bonchev–Trinajstić information content (AvgIpc) is 2.89. The van der Waals surface area contributed by atoms with Gasteiger partial charge in [-0.05, 0) is 25.1 Å². The second-order valence-electron chi connectivity index (χ2n) is 3.44. The SMILES string of the molecule is Cc1ccc(C(=O)NCCn2cccn2)s1. The van der Waals surface area contributed by atoms with Gasteiger partial charge in [-0.3, -0.25) is 9.48 Å².